The minimum Gasteiger partial charge on any atom is -0.487 e. The Labute approximate surface area is 168 Å². The quantitative estimate of drug-likeness (QED) is 0.424. The summed E-state index contributed by atoms with van der Waals surface area (Å²) < 4.78 is 15.8. The van der Waals surface area contributed by atoms with Gasteiger partial charge in [0.2, 0.25) is 5.91 Å². The molecular weight excluding hydrogens is 378 g/mol. The molecule has 2 aliphatic rings. The van der Waals surface area contributed by atoms with Gasteiger partial charge < -0.3 is 19.5 Å². The molecule has 29 heavy (non-hydrogen) atoms. The highest BCUT2D eigenvalue weighted by atomic mass is 16.6. The predicted molar refractivity (Wildman–Crippen MR) is 103 cm³/mol. The van der Waals surface area contributed by atoms with E-state index < -0.39 is 18.0 Å². The number of ether oxygens (including phenoxy) is 3. The average molecular weight is 403 g/mol. The van der Waals surface area contributed by atoms with Crippen LogP contribution in [0.5, 0.6) is 5.75 Å². The van der Waals surface area contributed by atoms with E-state index in [1.54, 1.807) is 13.8 Å². The van der Waals surface area contributed by atoms with E-state index >= 15 is 0 Å². The van der Waals surface area contributed by atoms with Gasteiger partial charge in [-0.3, -0.25) is 4.79 Å². The van der Waals surface area contributed by atoms with E-state index in [1.807, 2.05) is 13.0 Å². The number of nitrogens with one attached hydrogen (secondary N) is 1. The number of benzene rings is 1. The zero-order valence-electron chi connectivity index (χ0n) is 16.8. The fraction of sp³-hybridized carbons (Fsp3) is 0.550. The maximum atomic E-state index is 11.9. The van der Waals surface area contributed by atoms with Gasteiger partial charge in [-0.05, 0) is 38.3 Å². The lowest BCUT2D eigenvalue weighted by Crippen LogP contribution is -2.32. The van der Waals surface area contributed by atoms with Gasteiger partial charge in [-0.1, -0.05) is 6.07 Å². The zero-order chi connectivity index (χ0) is 21.0. The van der Waals surface area contributed by atoms with Crippen LogP contribution >= 0.6 is 0 Å². The molecule has 0 spiro atoms. The normalized spacial score (nSPS) is 17.5. The number of anilines is 1. The second kappa shape index (κ2) is 9.02. The van der Waals surface area contributed by atoms with E-state index in [0.29, 0.717) is 19.3 Å². The van der Waals surface area contributed by atoms with Crippen LogP contribution in [0.25, 0.3) is 0 Å². The van der Waals surface area contributed by atoms with Crippen molar-refractivity contribution in [2.45, 2.75) is 52.2 Å². The predicted octanol–water partition coefficient (Wildman–Crippen LogP) is 2.13. The van der Waals surface area contributed by atoms with Gasteiger partial charge in [-0.25, -0.2) is 9.59 Å². The van der Waals surface area contributed by atoms with Gasteiger partial charge in [-0.2, -0.15) is 10.2 Å². The minimum absolute atomic E-state index is 0.00729. The second-order valence-electron chi connectivity index (χ2n) is 6.87. The Morgan fingerprint density at radius 3 is 2.59 bits per heavy atom. The lowest BCUT2D eigenvalue weighted by atomic mass is 9.94. The summed E-state index contributed by atoms with van der Waals surface area (Å²) in [6, 6.07) is 0.584. The summed E-state index contributed by atoms with van der Waals surface area (Å²) in [4.78, 5) is 35.6. The number of fused-ring (bicyclic) bond motifs is 3. The number of esters is 2. The zero-order valence-corrected chi connectivity index (χ0v) is 16.8. The minimum atomic E-state index is -1.43. The van der Waals surface area contributed by atoms with Crippen molar-refractivity contribution in [2.24, 2.45) is 10.2 Å². The Morgan fingerprint density at radius 1 is 1.24 bits per heavy atom. The topological polar surface area (TPSA) is 116 Å². The summed E-state index contributed by atoms with van der Waals surface area (Å²) in [6.45, 7) is 5.70. The van der Waals surface area contributed by atoms with E-state index in [2.05, 4.69) is 15.5 Å². The highest BCUT2D eigenvalue weighted by Gasteiger charge is 2.32. The molecule has 0 fully saturated rings. The number of carbonyl (C=O) groups excluding carboxylic acids is 3. The number of hydrogen-bond acceptors (Lipinski definition) is 8. The first-order chi connectivity index (χ1) is 13.9. The van der Waals surface area contributed by atoms with Gasteiger partial charge in [0.15, 0.2) is 0 Å². The number of aryl methyl sites for hydroxylation is 1. The molecule has 2 aliphatic heterocycles. The smallest absolute Gasteiger partial charge is 0.344 e. The molecular formula is C20H25N3O6. The number of amides is 1. The van der Waals surface area contributed by atoms with Crippen molar-refractivity contribution in [1.82, 2.24) is 0 Å². The first-order valence-electron chi connectivity index (χ1n) is 9.76. The first kappa shape index (κ1) is 20.8. The molecule has 9 nitrogen and oxygen atoms in total. The molecule has 2 heterocycles. The van der Waals surface area contributed by atoms with Crippen LogP contribution in [0.2, 0.25) is 0 Å². The summed E-state index contributed by atoms with van der Waals surface area (Å²) in [5.74, 6) is -0.775. The molecule has 0 aromatic heterocycles. The molecule has 1 unspecified atom stereocenters. The molecule has 1 atom stereocenters. The van der Waals surface area contributed by atoms with Crippen LogP contribution in [0.3, 0.4) is 0 Å². The lowest BCUT2D eigenvalue weighted by molar-refractivity contribution is -0.156. The Hall–Kier alpha value is -2.97. The molecule has 0 bridgehead atoms. The molecule has 0 radical (unpaired) electrons. The van der Waals surface area contributed by atoms with E-state index in [1.165, 1.54) is 0 Å². The van der Waals surface area contributed by atoms with Crippen molar-refractivity contribution in [3.63, 3.8) is 0 Å². The Kier molecular flexibility index (Phi) is 6.46. The highest BCUT2D eigenvalue weighted by Crippen LogP contribution is 2.41. The van der Waals surface area contributed by atoms with Crippen LogP contribution in [0.4, 0.5) is 5.69 Å². The number of azo groups is 1. The van der Waals surface area contributed by atoms with Crippen LogP contribution in [0.1, 0.15) is 37.0 Å². The SMILES string of the molecule is CCOC(=O)C(N=NCC1Cc2cc(C)c3c(c2O1)CCC(=O)N3)C(=O)OCC. The van der Waals surface area contributed by atoms with Gasteiger partial charge in [0.1, 0.15) is 11.9 Å². The van der Waals surface area contributed by atoms with E-state index in [0.717, 1.165) is 28.1 Å². The molecule has 9 heteroatoms. The van der Waals surface area contributed by atoms with E-state index in [-0.39, 0.29) is 31.8 Å². The third kappa shape index (κ3) is 4.55. The van der Waals surface area contributed by atoms with Gasteiger partial charge in [0.25, 0.3) is 6.04 Å². The molecule has 156 valence electrons. The summed E-state index contributed by atoms with van der Waals surface area (Å²) in [7, 11) is 0. The summed E-state index contributed by atoms with van der Waals surface area (Å²) in [5.41, 5.74) is 3.90. The van der Waals surface area contributed by atoms with E-state index in [4.69, 9.17) is 14.2 Å². The molecule has 0 saturated heterocycles. The van der Waals surface area contributed by atoms with Gasteiger partial charge in [0, 0.05) is 18.4 Å². The molecule has 1 aromatic rings. The van der Waals surface area contributed by atoms with Crippen molar-refractivity contribution in [2.75, 3.05) is 25.1 Å². The standard InChI is InChI=1S/C20H25N3O6/c1-4-27-19(25)17(20(26)28-5-2)23-21-10-13-9-12-8-11(3)16-14(18(12)29-13)6-7-15(24)22-16/h8,13,17H,4-7,9-10H2,1-3H3,(H,22,24). The molecule has 0 aliphatic carbocycles. The monoisotopic (exact) mass is 403 g/mol. The Morgan fingerprint density at radius 2 is 1.93 bits per heavy atom. The van der Waals surface area contributed by atoms with E-state index in [9.17, 15) is 14.4 Å². The van der Waals surface area contributed by atoms with Crippen molar-refractivity contribution in [3.05, 3.63) is 22.8 Å². The maximum Gasteiger partial charge on any atom is 0.344 e. The Bertz CT molecular complexity index is 833. The molecule has 1 N–H and O–H groups in total. The van der Waals surface area contributed by atoms with Crippen LogP contribution in [-0.2, 0) is 36.7 Å². The number of rotatable bonds is 7. The highest BCUT2D eigenvalue weighted by molar-refractivity contribution is 5.99. The number of carbonyl (C=O) groups is 3. The summed E-state index contributed by atoms with van der Waals surface area (Å²) >= 11 is 0. The van der Waals surface area contributed by atoms with Crippen LogP contribution in [0, 0.1) is 6.92 Å². The molecule has 1 aromatic carbocycles. The number of nitrogens with zero attached hydrogens (tertiary/aromatic N) is 2. The fourth-order valence-corrected chi connectivity index (χ4v) is 3.50. The van der Waals surface area contributed by atoms with Gasteiger partial charge >= 0.3 is 11.9 Å². The summed E-state index contributed by atoms with van der Waals surface area (Å²) in [6.07, 6.45) is 1.44. The molecule has 3 rings (SSSR count). The molecule has 1 amide bonds. The third-order valence-electron chi connectivity index (χ3n) is 4.75. The van der Waals surface area contributed by atoms with Gasteiger partial charge in [0.05, 0.1) is 25.4 Å². The van der Waals surface area contributed by atoms with Crippen molar-refractivity contribution in [1.29, 1.82) is 0 Å². The average Bonchev–Trinajstić information content (AvgIpc) is 3.08. The lowest BCUT2D eigenvalue weighted by Gasteiger charge is -2.21. The van der Waals surface area contributed by atoms with Gasteiger partial charge in [-0.15, -0.1) is 0 Å². The maximum absolute atomic E-state index is 11.9. The summed E-state index contributed by atoms with van der Waals surface area (Å²) in [5, 5.41) is 10.8. The third-order valence-corrected chi connectivity index (χ3v) is 4.75. The first-order valence-corrected chi connectivity index (χ1v) is 9.76. The van der Waals surface area contributed by atoms with Crippen molar-refractivity contribution in [3.8, 4) is 5.75 Å². The van der Waals surface area contributed by atoms with Crippen molar-refractivity contribution < 1.29 is 28.6 Å². The molecule has 0 saturated carbocycles. The van der Waals surface area contributed by atoms with Crippen molar-refractivity contribution >= 4 is 23.5 Å². The van der Waals surface area contributed by atoms with Crippen LogP contribution in [-0.4, -0.2) is 49.8 Å². The second-order valence-corrected chi connectivity index (χ2v) is 6.87. The Balaban J connectivity index is 1.69. The van der Waals surface area contributed by atoms with Crippen LogP contribution < -0.4 is 10.1 Å². The fourth-order valence-electron chi connectivity index (χ4n) is 3.50. The number of hydrogen-bond donors (Lipinski definition) is 1. The largest absolute Gasteiger partial charge is 0.487 e. The van der Waals surface area contributed by atoms with Crippen LogP contribution in [0.15, 0.2) is 16.3 Å².